The molecular formula is C22H26ClN5O. The molecule has 1 amide bonds. The van der Waals surface area contributed by atoms with Gasteiger partial charge in [-0.3, -0.25) is 19.8 Å². The van der Waals surface area contributed by atoms with Gasteiger partial charge in [-0.1, -0.05) is 17.7 Å². The van der Waals surface area contributed by atoms with E-state index < -0.39 is 0 Å². The SMILES string of the molecule is C=Nc1cc(NC(c2cccnc2)C2CCN(C(C)=O)CC2)cc(Cl)c1N=CC. The molecule has 1 atom stereocenters. The van der Waals surface area contributed by atoms with Gasteiger partial charge in [0.25, 0.3) is 0 Å². The van der Waals surface area contributed by atoms with Gasteiger partial charge in [0.2, 0.25) is 5.91 Å². The highest BCUT2D eigenvalue weighted by Gasteiger charge is 2.29. The molecule has 2 aromatic rings. The molecule has 0 radical (unpaired) electrons. The third-order valence-electron chi connectivity index (χ3n) is 5.29. The molecule has 1 aliphatic rings. The normalized spacial score (nSPS) is 16.0. The zero-order valence-electron chi connectivity index (χ0n) is 16.8. The van der Waals surface area contributed by atoms with Crippen LogP contribution in [0, 0.1) is 5.92 Å². The van der Waals surface area contributed by atoms with Crippen molar-refractivity contribution >= 4 is 47.5 Å². The maximum atomic E-state index is 11.7. The van der Waals surface area contributed by atoms with Crippen LogP contribution in [0.4, 0.5) is 17.1 Å². The minimum Gasteiger partial charge on any atom is -0.378 e. The number of nitrogens with one attached hydrogen (secondary N) is 1. The van der Waals surface area contributed by atoms with Gasteiger partial charge in [0, 0.05) is 44.3 Å². The number of carbonyl (C=O) groups excluding carboxylic acids is 1. The van der Waals surface area contributed by atoms with Crippen molar-refractivity contribution in [3.05, 3.63) is 47.2 Å². The van der Waals surface area contributed by atoms with Crippen molar-refractivity contribution < 1.29 is 4.79 Å². The number of halogens is 1. The number of anilines is 1. The van der Waals surface area contributed by atoms with Crippen LogP contribution in [0.25, 0.3) is 0 Å². The zero-order valence-corrected chi connectivity index (χ0v) is 17.6. The van der Waals surface area contributed by atoms with Gasteiger partial charge in [-0.2, -0.15) is 0 Å². The lowest BCUT2D eigenvalue weighted by molar-refractivity contribution is -0.130. The number of benzene rings is 1. The Morgan fingerprint density at radius 3 is 2.76 bits per heavy atom. The molecule has 2 heterocycles. The maximum absolute atomic E-state index is 11.7. The fourth-order valence-corrected chi connectivity index (χ4v) is 4.07. The van der Waals surface area contributed by atoms with Crippen molar-refractivity contribution in [3.63, 3.8) is 0 Å². The molecule has 1 N–H and O–H groups in total. The van der Waals surface area contributed by atoms with E-state index in [1.165, 1.54) is 0 Å². The summed E-state index contributed by atoms with van der Waals surface area (Å²) in [6.45, 7) is 8.65. The van der Waals surface area contributed by atoms with E-state index in [1.807, 2.05) is 36.2 Å². The fourth-order valence-electron chi connectivity index (χ4n) is 3.81. The van der Waals surface area contributed by atoms with Gasteiger partial charge in [0.05, 0.1) is 16.8 Å². The summed E-state index contributed by atoms with van der Waals surface area (Å²) in [5, 5.41) is 4.15. The summed E-state index contributed by atoms with van der Waals surface area (Å²) in [4.78, 5) is 26.3. The highest BCUT2D eigenvalue weighted by atomic mass is 35.5. The number of pyridine rings is 1. The van der Waals surface area contributed by atoms with Crippen LogP contribution in [-0.2, 0) is 4.79 Å². The lowest BCUT2D eigenvalue weighted by atomic mass is 9.85. The van der Waals surface area contributed by atoms with Crippen LogP contribution in [0.15, 0.2) is 46.6 Å². The lowest BCUT2D eigenvalue weighted by Crippen LogP contribution is -2.39. The number of rotatable bonds is 6. The molecule has 6 nitrogen and oxygen atoms in total. The van der Waals surface area contributed by atoms with Crippen molar-refractivity contribution in [1.29, 1.82) is 0 Å². The third kappa shape index (κ3) is 5.01. The van der Waals surface area contributed by atoms with E-state index in [2.05, 4.69) is 33.1 Å². The van der Waals surface area contributed by atoms with E-state index in [9.17, 15) is 4.79 Å². The Kier molecular flexibility index (Phi) is 6.99. The highest BCUT2D eigenvalue weighted by molar-refractivity contribution is 6.34. The third-order valence-corrected chi connectivity index (χ3v) is 5.58. The van der Waals surface area contributed by atoms with Crippen molar-refractivity contribution in [2.75, 3.05) is 18.4 Å². The summed E-state index contributed by atoms with van der Waals surface area (Å²) in [6.07, 6.45) is 7.19. The molecule has 0 spiro atoms. The second-order valence-corrected chi connectivity index (χ2v) is 7.53. The number of aliphatic imine (C=N–C) groups is 2. The van der Waals surface area contributed by atoms with Crippen LogP contribution in [0.2, 0.25) is 5.02 Å². The van der Waals surface area contributed by atoms with Gasteiger partial charge in [-0.05, 0) is 56.2 Å². The van der Waals surface area contributed by atoms with Crippen LogP contribution < -0.4 is 5.32 Å². The quantitative estimate of drug-likeness (QED) is 0.664. The van der Waals surface area contributed by atoms with Crippen LogP contribution in [-0.4, -0.2) is 41.8 Å². The molecule has 0 aliphatic carbocycles. The Morgan fingerprint density at radius 1 is 1.41 bits per heavy atom. The van der Waals surface area contributed by atoms with E-state index in [-0.39, 0.29) is 11.9 Å². The van der Waals surface area contributed by atoms with Crippen molar-refractivity contribution in [1.82, 2.24) is 9.88 Å². The number of nitrogens with zero attached hydrogens (tertiary/aromatic N) is 4. The van der Waals surface area contributed by atoms with Crippen molar-refractivity contribution in [3.8, 4) is 0 Å². The van der Waals surface area contributed by atoms with Gasteiger partial charge in [-0.25, -0.2) is 0 Å². The first kappa shape index (κ1) is 21.0. The van der Waals surface area contributed by atoms with Gasteiger partial charge < -0.3 is 10.2 Å². The Bertz CT molecular complexity index is 892. The van der Waals surface area contributed by atoms with Gasteiger partial charge in [0.1, 0.15) is 5.69 Å². The Hall–Kier alpha value is -2.73. The molecule has 1 aromatic heterocycles. The van der Waals surface area contributed by atoms with Crippen molar-refractivity contribution in [2.45, 2.75) is 32.7 Å². The largest absolute Gasteiger partial charge is 0.378 e. The number of piperidine rings is 1. The van der Waals surface area contributed by atoms with Gasteiger partial charge in [0.15, 0.2) is 0 Å². The monoisotopic (exact) mass is 411 g/mol. The van der Waals surface area contributed by atoms with E-state index in [0.717, 1.165) is 37.2 Å². The van der Waals surface area contributed by atoms with E-state index >= 15 is 0 Å². The molecule has 1 unspecified atom stereocenters. The molecule has 3 rings (SSSR count). The Morgan fingerprint density at radius 2 is 2.17 bits per heavy atom. The predicted molar refractivity (Wildman–Crippen MR) is 120 cm³/mol. The second-order valence-electron chi connectivity index (χ2n) is 7.12. The van der Waals surface area contributed by atoms with Gasteiger partial charge >= 0.3 is 0 Å². The molecule has 1 aromatic carbocycles. The average Bonchev–Trinajstić information content (AvgIpc) is 2.74. The van der Waals surface area contributed by atoms with Crippen LogP contribution in [0.1, 0.15) is 38.3 Å². The topological polar surface area (TPSA) is 70.0 Å². The smallest absolute Gasteiger partial charge is 0.219 e. The fraction of sp³-hybridized carbons (Fsp3) is 0.364. The van der Waals surface area contributed by atoms with E-state index in [4.69, 9.17) is 11.6 Å². The summed E-state index contributed by atoms with van der Waals surface area (Å²) in [7, 11) is 0. The van der Waals surface area contributed by atoms with Gasteiger partial charge in [-0.15, -0.1) is 0 Å². The number of hydrogen-bond acceptors (Lipinski definition) is 5. The molecule has 1 saturated heterocycles. The summed E-state index contributed by atoms with van der Waals surface area (Å²) in [6, 6.07) is 7.85. The van der Waals surface area contributed by atoms with Crippen LogP contribution >= 0.6 is 11.6 Å². The molecule has 0 saturated carbocycles. The summed E-state index contributed by atoms with van der Waals surface area (Å²) in [5.41, 5.74) is 3.21. The summed E-state index contributed by atoms with van der Waals surface area (Å²) < 4.78 is 0. The number of hydrogen-bond donors (Lipinski definition) is 1. The molecule has 1 aliphatic heterocycles. The van der Waals surface area contributed by atoms with Crippen molar-refractivity contribution in [2.24, 2.45) is 15.9 Å². The predicted octanol–water partition coefficient (Wildman–Crippen LogP) is 5.20. The van der Waals surface area contributed by atoms with E-state index in [1.54, 1.807) is 19.3 Å². The number of likely N-dealkylation sites (tertiary alicyclic amines) is 1. The minimum absolute atomic E-state index is 0.0482. The standard InChI is InChI=1S/C22H26ClN5O/c1-4-26-22-19(23)12-18(13-20(22)24-3)27-21(17-6-5-9-25-14-17)16-7-10-28(11-8-16)15(2)29/h4-6,9,12-14,16,21,27H,3,7-8,10-11H2,1-2H3. The molecule has 1 fully saturated rings. The number of amides is 1. The van der Waals surface area contributed by atoms with Crippen LogP contribution in [0.5, 0.6) is 0 Å². The lowest BCUT2D eigenvalue weighted by Gasteiger charge is -2.36. The second kappa shape index (κ2) is 9.65. The first-order chi connectivity index (χ1) is 14.0. The Balaban J connectivity index is 1.89. The minimum atomic E-state index is 0.0482. The molecular weight excluding hydrogens is 386 g/mol. The Labute approximate surface area is 176 Å². The molecule has 7 heteroatoms. The first-order valence-corrected chi connectivity index (χ1v) is 10.1. The number of carbonyl (C=O) groups is 1. The number of aromatic nitrogens is 1. The summed E-state index contributed by atoms with van der Waals surface area (Å²) in [5.74, 6) is 0.497. The highest BCUT2D eigenvalue weighted by Crippen LogP contribution is 2.40. The van der Waals surface area contributed by atoms with Crippen LogP contribution in [0.3, 0.4) is 0 Å². The first-order valence-electron chi connectivity index (χ1n) is 9.74. The average molecular weight is 412 g/mol. The maximum Gasteiger partial charge on any atom is 0.219 e. The molecule has 0 bridgehead atoms. The summed E-state index contributed by atoms with van der Waals surface area (Å²) >= 11 is 6.46. The molecule has 152 valence electrons. The van der Waals surface area contributed by atoms with E-state index in [0.29, 0.717) is 22.3 Å². The molecule has 29 heavy (non-hydrogen) atoms. The zero-order chi connectivity index (χ0) is 20.8.